The Kier molecular flexibility index (Phi) is 13.2. The number of oxazole rings is 1. The van der Waals surface area contributed by atoms with Gasteiger partial charge in [-0.2, -0.15) is 4.98 Å². The minimum absolute atomic E-state index is 0.0370. The molecule has 5 rings (SSSR count). The van der Waals surface area contributed by atoms with E-state index in [1.54, 1.807) is 18.2 Å². The van der Waals surface area contributed by atoms with Gasteiger partial charge in [0, 0.05) is 44.2 Å². The number of hydrogen-bond acceptors (Lipinski definition) is 15. The highest BCUT2D eigenvalue weighted by molar-refractivity contribution is 6.17. The predicted molar refractivity (Wildman–Crippen MR) is 195 cm³/mol. The van der Waals surface area contributed by atoms with Crippen LogP contribution in [0, 0.1) is 10.8 Å². The Balaban J connectivity index is 0.999. The summed E-state index contributed by atoms with van der Waals surface area (Å²) < 4.78 is 21.8. The molecule has 10 N–H and O–H groups in total. The van der Waals surface area contributed by atoms with Gasteiger partial charge in [0.05, 0.1) is 62.9 Å². The molecule has 17 nitrogen and oxygen atoms in total. The molecule has 0 saturated carbocycles. The molecule has 274 valence electrons. The van der Waals surface area contributed by atoms with Crippen molar-refractivity contribution in [2.24, 2.45) is 5.73 Å². The number of ether oxygens (including phenoxy) is 3. The van der Waals surface area contributed by atoms with Gasteiger partial charge in [0.15, 0.2) is 5.58 Å². The van der Waals surface area contributed by atoms with E-state index in [0.717, 1.165) is 30.0 Å². The number of benzene rings is 2. The number of nitrogens with two attached hydrogens (primary N) is 3. The number of carbonyl (C=O) groups is 2. The molecular weight excluding hydrogens is 670 g/mol. The minimum atomic E-state index is -0.426. The number of nitrogens with one attached hydrogen (secondary N) is 4. The van der Waals surface area contributed by atoms with Crippen LogP contribution in [0.2, 0.25) is 0 Å². The maximum Gasteiger partial charge on any atom is 0.292 e. The maximum absolute atomic E-state index is 12.9. The minimum Gasteiger partial charge on any atom is -0.424 e. The molecule has 1 aliphatic rings. The SMILES string of the molecule is N=C/C(=C\N)C(=O)NCCOCCOCCOCCC(=O)N1CCc2cc(CNc3ncnc(N)c3C(=N)c3ccc4oc(N)nc4c3)ccc2C1. The Morgan fingerprint density at radius 2 is 1.75 bits per heavy atom. The molecule has 0 saturated heterocycles. The summed E-state index contributed by atoms with van der Waals surface area (Å²) in [6, 6.07) is 11.4. The number of nitrogen functional groups attached to an aromatic ring is 2. The fourth-order valence-corrected chi connectivity index (χ4v) is 5.53. The first kappa shape index (κ1) is 37.3. The summed E-state index contributed by atoms with van der Waals surface area (Å²) >= 11 is 0. The zero-order chi connectivity index (χ0) is 36.9. The van der Waals surface area contributed by atoms with E-state index in [1.807, 2.05) is 17.0 Å². The third-order valence-corrected chi connectivity index (χ3v) is 8.25. The van der Waals surface area contributed by atoms with Crippen LogP contribution in [0.4, 0.5) is 17.7 Å². The van der Waals surface area contributed by atoms with Crippen LogP contribution >= 0.6 is 0 Å². The Morgan fingerprint density at radius 1 is 0.981 bits per heavy atom. The topological polar surface area (TPSA) is 267 Å². The first-order chi connectivity index (χ1) is 25.3. The quantitative estimate of drug-likeness (QED) is 0.0415. The highest BCUT2D eigenvalue weighted by atomic mass is 16.5. The van der Waals surface area contributed by atoms with Gasteiger partial charge in [-0.3, -0.25) is 15.0 Å². The van der Waals surface area contributed by atoms with Gasteiger partial charge in [0.1, 0.15) is 23.5 Å². The van der Waals surface area contributed by atoms with E-state index in [-0.39, 0.29) is 35.4 Å². The largest absolute Gasteiger partial charge is 0.424 e. The van der Waals surface area contributed by atoms with E-state index >= 15 is 0 Å². The number of aromatic nitrogens is 3. The van der Waals surface area contributed by atoms with Crippen molar-refractivity contribution in [1.82, 2.24) is 25.2 Å². The number of nitrogens with zero attached hydrogens (tertiary/aromatic N) is 4. The summed E-state index contributed by atoms with van der Waals surface area (Å²) in [5.41, 5.74) is 22.7. The van der Waals surface area contributed by atoms with Gasteiger partial charge >= 0.3 is 0 Å². The van der Waals surface area contributed by atoms with Gasteiger partial charge in [-0.25, -0.2) is 9.97 Å². The average Bonchev–Trinajstić information content (AvgIpc) is 3.53. The second kappa shape index (κ2) is 18.4. The fourth-order valence-electron chi connectivity index (χ4n) is 5.53. The lowest BCUT2D eigenvalue weighted by Gasteiger charge is -2.29. The molecule has 4 aromatic rings. The third kappa shape index (κ3) is 9.87. The van der Waals surface area contributed by atoms with E-state index in [1.165, 1.54) is 11.9 Å². The fraction of sp³-hybridized carbons (Fsp3) is 0.343. The standard InChI is InChI=1S/C35H43N11O6/c36-17-26(18-37)34(48)41-7-10-50-12-14-51-13-11-49-9-6-29(47)46-8-5-23-15-22(1-2-25(23)20-46)19-42-33-30(32(39)43-21-44-33)31(38)24-3-4-28-27(16-24)45-35(40)52-28/h1-4,15-18,21,36,38H,5-14,19-20,37H2,(H2,40,45)(H,41,48)(H3,39,42,43,44)/b26-18+,36-17?,38-31?. The lowest BCUT2D eigenvalue weighted by Crippen LogP contribution is -2.36. The van der Waals surface area contributed by atoms with Crippen molar-refractivity contribution in [3.63, 3.8) is 0 Å². The Morgan fingerprint density at radius 3 is 2.52 bits per heavy atom. The summed E-state index contributed by atoms with van der Waals surface area (Å²) in [7, 11) is 0. The number of anilines is 3. The van der Waals surface area contributed by atoms with Gasteiger partial charge in [0.25, 0.3) is 11.9 Å². The molecule has 0 bridgehead atoms. The molecule has 17 heteroatoms. The number of carbonyl (C=O) groups excluding carboxylic acids is 2. The lowest BCUT2D eigenvalue weighted by atomic mass is 9.97. The zero-order valence-electron chi connectivity index (χ0n) is 28.7. The summed E-state index contributed by atoms with van der Waals surface area (Å²) in [5, 5.41) is 21.9. The first-order valence-electron chi connectivity index (χ1n) is 16.7. The second-order valence-corrected chi connectivity index (χ2v) is 11.7. The number of rotatable bonds is 19. The van der Waals surface area contributed by atoms with Crippen LogP contribution in [0.25, 0.3) is 11.1 Å². The number of amides is 2. The third-order valence-electron chi connectivity index (χ3n) is 8.25. The van der Waals surface area contributed by atoms with Crippen LogP contribution in [-0.2, 0) is 43.3 Å². The number of fused-ring (bicyclic) bond motifs is 2. The molecule has 0 aliphatic carbocycles. The molecule has 3 heterocycles. The van der Waals surface area contributed by atoms with Crippen LogP contribution < -0.4 is 27.8 Å². The van der Waals surface area contributed by atoms with Crippen molar-refractivity contribution in [1.29, 1.82) is 10.8 Å². The Labute approximate surface area is 299 Å². The van der Waals surface area contributed by atoms with E-state index in [4.69, 9.17) is 46.6 Å². The smallest absolute Gasteiger partial charge is 0.292 e. The predicted octanol–water partition coefficient (Wildman–Crippen LogP) is 1.74. The maximum atomic E-state index is 12.9. The van der Waals surface area contributed by atoms with Gasteiger partial charge in [-0.15, -0.1) is 0 Å². The molecule has 0 spiro atoms. The van der Waals surface area contributed by atoms with Crippen molar-refractivity contribution in [2.45, 2.75) is 25.9 Å². The normalized spacial score (nSPS) is 12.8. The molecule has 2 aromatic heterocycles. The number of hydrogen-bond donors (Lipinski definition) is 7. The van der Waals surface area contributed by atoms with Crippen LogP contribution in [0.3, 0.4) is 0 Å². The highest BCUT2D eigenvalue weighted by Gasteiger charge is 2.22. The average molecular weight is 714 g/mol. The Bertz CT molecular complexity index is 1930. The zero-order valence-corrected chi connectivity index (χ0v) is 28.7. The van der Waals surface area contributed by atoms with Crippen molar-refractivity contribution < 1.29 is 28.2 Å². The molecule has 0 radical (unpaired) electrons. The van der Waals surface area contributed by atoms with Gasteiger partial charge < -0.3 is 56.8 Å². The lowest BCUT2D eigenvalue weighted by molar-refractivity contribution is -0.133. The molecule has 0 unspecified atom stereocenters. The van der Waals surface area contributed by atoms with Crippen LogP contribution in [0.5, 0.6) is 0 Å². The van der Waals surface area contributed by atoms with Crippen LogP contribution in [-0.4, -0.2) is 96.3 Å². The van der Waals surface area contributed by atoms with Crippen LogP contribution in [0.15, 0.2) is 58.9 Å². The molecule has 1 aliphatic heterocycles. The summed E-state index contributed by atoms with van der Waals surface area (Å²) in [6.45, 7) is 3.96. The van der Waals surface area contributed by atoms with E-state index in [9.17, 15) is 9.59 Å². The molecule has 0 atom stereocenters. The molecule has 0 fully saturated rings. The summed E-state index contributed by atoms with van der Waals surface area (Å²) in [5.74, 6) is 0.223. The Hall–Kier alpha value is -5.91. The van der Waals surface area contributed by atoms with Gasteiger partial charge in [-0.1, -0.05) is 18.2 Å². The molecule has 2 aromatic carbocycles. The first-order valence-corrected chi connectivity index (χ1v) is 16.7. The van der Waals surface area contributed by atoms with E-state index in [0.29, 0.717) is 93.9 Å². The second-order valence-electron chi connectivity index (χ2n) is 11.7. The highest BCUT2D eigenvalue weighted by Crippen LogP contribution is 2.26. The molecule has 2 amide bonds. The van der Waals surface area contributed by atoms with Gasteiger partial charge in [0.2, 0.25) is 5.91 Å². The summed E-state index contributed by atoms with van der Waals surface area (Å²) in [6.07, 6.45) is 4.34. The van der Waals surface area contributed by atoms with E-state index < -0.39 is 5.91 Å². The van der Waals surface area contributed by atoms with Crippen molar-refractivity contribution in [3.8, 4) is 0 Å². The molecular formula is C35H43N11O6. The monoisotopic (exact) mass is 713 g/mol. The van der Waals surface area contributed by atoms with Crippen LogP contribution in [0.1, 0.15) is 34.2 Å². The molecule has 52 heavy (non-hydrogen) atoms. The van der Waals surface area contributed by atoms with Crippen molar-refractivity contribution in [3.05, 3.63) is 82.3 Å². The summed E-state index contributed by atoms with van der Waals surface area (Å²) in [4.78, 5) is 39.0. The van der Waals surface area contributed by atoms with Gasteiger partial charge in [-0.05, 0) is 41.3 Å². The van der Waals surface area contributed by atoms with Crippen molar-refractivity contribution >= 4 is 52.5 Å². The van der Waals surface area contributed by atoms with Crippen molar-refractivity contribution in [2.75, 3.05) is 69.5 Å². The van der Waals surface area contributed by atoms with E-state index in [2.05, 4.69) is 31.7 Å².